The first-order valence-electron chi connectivity index (χ1n) is 19.0. The third-order valence-electron chi connectivity index (χ3n) is 9.69. The Kier molecular flexibility index (Phi) is 17.1. The van der Waals surface area contributed by atoms with Crippen LogP contribution in [0.2, 0.25) is 10.0 Å². The highest BCUT2D eigenvalue weighted by molar-refractivity contribution is 6.33. The van der Waals surface area contributed by atoms with Crippen LogP contribution in [0, 0.1) is 0 Å². The molecule has 322 valence electrons. The van der Waals surface area contributed by atoms with E-state index in [1.807, 2.05) is 9.80 Å². The predicted octanol–water partition coefficient (Wildman–Crippen LogP) is 2.15. The molecule has 0 saturated carbocycles. The first-order chi connectivity index (χ1) is 27.1. The number of aromatic amines is 2. The Labute approximate surface area is 351 Å². The van der Waals surface area contributed by atoms with Crippen molar-refractivity contribution in [2.24, 2.45) is 0 Å². The third kappa shape index (κ3) is 13.8. The summed E-state index contributed by atoms with van der Waals surface area (Å²) in [5, 5.41) is 23.7. The number of carbonyl (C=O) groups is 4. The number of H-pyrrole nitrogens is 2. The number of hydrogen-bond donors (Lipinski definition) is 6. The van der Waals surface area contributed by atoms with Crippen LogP contribution >= 0.6 is 35.6 Å². The zero-order valence-corrected chi connectivity index (χ0v) is 35.0. The van der Waals surface area contributed by atoms with Crippen molar-refractivity contribution in [3.05, 3.63) is 43.1 Å². The van der Waals surface area contributed by atoms with Gasteiger partial charge < -0.3 is 50.2 Å². The van der Waals surface area contributed by atoms with Crippen molar-refractivity contribution in [3.63, 3.8) is 0 Å². The number of nitrogens with zero attached hydrogens (tertiary/aromatic N) is 5. The predicted molar refractivity (Wildman–Crippen MR) is 217 cm³/mol. The Bertz CT molecular complexity index is 1830. The van der Waals surface area contributed by atoms with Gasteiger partial charge >= 0.3 is 18.3 Å². The number of hydrogen-bond acceptors (Lipinski definition) is 14. The van der Waals surface area contributed by atoms with E-state index in [0.29, 0.717) is 76.3 Å². The van der Waals surface area contributed by atoms with E-state index >= 15 is 0 Å². The third-order valence-corrected chi connectivity index (χ3v) is 10.4. The minimum atomic E-state index is -0.636. The summed E-state index contributed by atoms with van der Waals surface area (Å²) in [7, 11) is 0. The average Bonchev–Trinajstić information content (AvgIpc) is 3.83. The van der Waals surface area contributed by atoms with E-state index in [-0.39, 0.29) is 65.3 Å². The lowest BCUT2D eigenvalue weighted by atomic mass is 10.1. The van der Waals surface area contributed by atoms with E-state index < -0.39 is 28.9 Å². The fourth-order valence-corrected chi connectivity index (χ4v) is 7.21. The minimum Gasteiger partial charge on any atom is -0.444 e. The van der Waals surface area contributed by atoms with Gasteiger partial charge in [-0.25, -0.2) is 24.6 Å². The van der Waals surface area contributed by atoms with Crippen LogP contribution in [0.1, 0.15) is 59.3 Å². The van der Waals surface area contributed by atoms with E-state index in [9.17, 15) is 28.8 Å². The Morgan fingerprint density at radius 1 is 0.741 bits per heavy atom. The van der Waals surface area contributed by atoms with Crippen LogP contribution in [0.25, 0.3) is 0 Å². The quantitative estimate of drug-likeness (QED) is 0.208. The summed E-state index contributed by atoms with van der Waals surface area (Å²) in [6, 6.07) is 0.0618. The van der Waals surface area contributed by atoms with Crippen LogP contribution in [-0.2, 0) is 19.0 Å². The number of carbonyl (C=O) groups excluding carboxylic acids is 4. The largest absolute Gasteiger partial charge is 0.444 e. The van der Waals surface area contributed by atoms with Crippen LogP contribution in [0.4, 0.5) is 25.8 Å². The van der Waals surface area contributed by atoms with Gasteiger partial charge in [0.2, 0.25) is 5.91 Å². The molecular weight excluding hydrogens is 825 g/mol. The van der Waals surface area contributed by atoms with Gasteiger partial charge in [0.15, 0.2) is 0 Å². The number of aromatic nitrogens is 4. The molecule has 0 spiro atoms. The number of ether oxygens (including phenoxy) is 3. The van der Waals surface area contributed by atoms with Crippen molar-refractivity contribution in [1.29, 1.82) is 0 Å². The zero-order chi connectivity index (χ0) is 41.1. The molecule has 4 saturated heterocycles. The van der Waals surface area contributed by atoms with E-state index in [1.165, 1.54) is 12.4 Å². The van der Waals surface area contributed by atoms with Gasteiger partial charge in [-0.2, -0.15) is 10.2 Å². The maximum atomic E-state index is 12.4. The van der Waals surface area contributed by atoms with Crippen molar-refractivity contribution in [3.8, 4) is 0 Å². The Morgan fingerprint density at radius 2 is 1.21 bits per heavy atom. The molecule has 6 heterocycles. The van der Waals surface area contributed by atoms with Gasteiger partial charge in [0.05, 0.1) is 36.9 Å². The summed E-state index contributed by atoms with van der Waals surface area (Å²) in [6.45, 7) is 10.0. The molecule has 0 unspecified atom stereocenters. The van der Waals surface area contributed by atoms with Crippen molar-refractivity contribution in [2.45, 2.75) is 89.2 Å². The molecule has 4 aliphatic heterocycles. The molecule has 2 aromatic rings. The van der Waals surface area contributed by atoms with Gasteiger partial charge in [-0.3, -0.25) is 14.4 Å². The summed E-state index contributed by atoms with van der Waals surface area (Å²) in [6.07, 6.45) is 5.21. The second-order valence-electron chi connectivity index (χ2n) is 15.1. The van der Waals surface area contributed by atoms with E-state index in [1.54, 1.807) is 25.7 Å². The summed E-state index contributed by atoms with van der Waals surface area (Å²) < 4.78 is 16.1. The fraction of sp³-hybridized carbons (Fsp3) is 0.657. The number of likely N-dealkylation sites (tertiary alicyclic amines) is 1. The van der Waals surface area contributed by atoms with Gasteiger partial charge in [0, 0.05) is 51.1 Å². The van der Waals surface area contributed by atoms with Gasteiger partial charge in [-0.1, -0.05) is 23.2 Å². The van der Waals surface area contributed by atoms with Crippen molar-refractivity contribution in [1.82, 2.24) is 46.6 Å². The van der Waals surface area contributed by atoms with Crippen LogP contribution in [0.15, 0.2) is 22.0 Å². The van der Waals surface area contributed by atoms with Crippen molar-refractivity contribution < 1.29 is 33.4 Å². The highest BCUT2D eigenvalue weighted by Crippen LogP contribution is 2.27. The number of anilines is 2. The molecule has 0 bridgehead atoms. The molecule has 20 nitrogen and oxygen atoms in total. The van der Waals surface area contributed by atoms with Gasteiger partial charge in [0.25, 0.3) is 11.1 Å². The Balaban J connectivity index is 0.000000270. The number of nitrogens with one attached hydrogen (secondary N) is 6. The summed E-state index contributed by atoms with van der Waals surface area (Å²) in [5.41, 5.74) is -0.438. The number of rotatable bonds is 8. The first-order valence-corrected chi connectivity index (χ1v) is 19.8. The second-order valence-corrected chi connectivity index (χ2v) is 15.9. The molecule has 0 aromatic carbocycles. The average molecular weight is 877 g/mol. The lowest BCUT2D eigenvalue weighted by molar-refractivity contribution is -0.131. The van der Waals surface area contributed by atoms with Crippen LogP contribution in [0.3, 0.4) is 0 Å². The van der Waals surface area contributed by atoms with Gasteiger partial charge in [0.1, 0.15) is 34.4 Å². The monoisotopic (exact) mass is 875 g/mol. The molecule has 23 heteroatoms. The van der Waals surface area contributed by atoms with E-state index in [4.69, 9.17) is 37.4 Å². The zero-order valence-electron chi connectivity index (χ0n) is 32.6. The molecular formula is C35H52Cl3N11O9. The maximum absolute atomic E-state index is 12.4. The molecule has 4 fully saturated rings. The number of piperidine rings is 2. The maximum Gasteiger partial charge on any atom is 0.408 e. The minimum absolute atomic E-state index is 0. The van der Waals surface area contributed by atoms with E-state index in [0.717, 1.165) is 25.9 Å². The highest BCUT2D eigenvalue weighted by Gasteiger charge is 2.31. The van der Waals surface area contributed by atoms with Crippen LogP contribution in [-0.4, -0.2) is 138 Å². The normalized spacial score (nSPS) is 19.9. The summed E-state index contributed by atoms with van der Waals surface area (Å²) in [4.78, 5) is 76.9. The fourth-order valence-electron chi connectivity index (χ4n) is 6.79. The first kappa shape index (κ1) is 46.2. The molecule has 6 rings (SSSR count). The molecule has 58 heavy (non-hydrogen) atoms. The van der Waals surface area contributed by atoms with Crippen LogP contribution in [0.5, 0.6) is 0 Å². The van der Waals surface area contributed by atoms with Gasteiger partial charge in [-0.15, -0.1) is 12.4 Å². The lowest BCUT2D eigenvalue weighted by Crippen LogP contribution is -2.49. The Hall–Kier alpha value is -4.53. The standard InChI is InChI=1S/C21H31ClN6O6.C14H20ClN5O3.ClH/c1-21(2,3)34-19(31)23-11-16(29)27-7-4-13(5-8-27)25-20(32)33-14-6-9-28(12-14)15-10-24-26-18(30)17(15)22;15-12-11(7-17-19-13(12)21)20-6-3-10(8-20)23-14(22)18-9-1-4-16-5-2-9;/h10,13-14H,4-9,11-12H2,1-3H3,(H,23,31)(H,25,32)(H,26,30);7,9-10,16H,1-6,8H2,(H,18,22)(H,19,21);1H/t14-;10-;/m11./s1. The number of amides is 4. The molecule has 0 aliphatic carbocycles. The number of halogens is 3. The molecule has 2 aromatic heterocycles. The summed E-state index contributed by atoms with van der Waals surface area (Å²) >= 11 is 12.1. The lowest BCUT2D eigenvalue weighted by Gasteiger charge is -2.32. The second kappa shape index (κ2) is 21.5. The molecule has 4 aliphatic rings. The van der Waals surface area contributed by atoms with Crippen molar-refractivity contribution >= 4 is 71.2 Å². The topological polar surface area (TPSA) is 245 Å². The highest BCUT2D eigenvalue weighted by atomic mass is 35.5. The smallest absolute Gasteiger partial charge is 0.408 e. The molecule has 6 N–H and O–H groups in total. The number of alkyl carbamates (subject to hydrolysis) is 3. The van der Waals surface area contributed by atoms with E-state index in [2.05, 4.69) is 41.7 Å². The van der Waals surface area contributed by atoms with Crippen molar-refractivity contribution in [2.75, 3.05) is 68.7 Å². The Morgan fingerprint density at radius 3 is 1.67 bits per heavy atom. The molecule has 2 atom stereocenters. The molecule has 4 amide bonds. The van der Waals surface area contributed by atoms with Gasteiger partial charge in [-0.05, 0) is 59.5 Å². The SMILES string of the molecule is CC(C)(C)OC(=O)NCC(=O)N1CCC(NC(=O)O[C@@H]2CCN(c3cn[nH]c(=O)c3Cl)C2)CC1.Cl.O=C(NC1CCNCC1)O[C@@H]1CCN(c2cn[nH]c(=O)c2Cl)C1. The van der Waals surface area contributed by atoms with Crippen LogP contribution < -0.4 is 42.2 Å². The molecule has 0 radical (unpaired) electrons. The summed E-state index contributed by atoms with van der Waals surface area (Å²) in [5.74, 6) is -0.203.